The molecule has 5 nitrogen and oxygen atoms in total. The van der Waals surface area contributed by atoms with Crippen LogP contribution < -0.4 is 0 Å². The summed E-state index contributed by atoms with van der Waals surface area (Å²) < 4.78 is 10.5. The van der Waals surface area contributed by atoms with Gasteiger partial charge in [0.25, 0.3) is 0 Å². The lowest BCUT2D eigenvalue weighted by Gasteiger charge is -2.28. The summed E-state index contributed by atoms with van der Waals surface area (Å²) in [7, 11) is 1.37. The third kappa shape index (κ3) is 3.35. The zero-order valence-electron chi connectivity index (χ0n) is 11.6. The number of carbonyl (C=O) groups excluding carboxylic acids is 1. The number of nitrogens with one attached hydrogen (secondary N) is 1. The first-order valence-corrected chi connectivity index (χ1v) is 7.01. The Morgan fingerprint density at radius 3 is 2.84 bits per heavy atom. The number of ether oxygens (including phenoxy) is 2. The van der Waals surface area contributed by atoms with E-state index in [2.05, 4.69) is 14.7 Å². The van der Waals surface area contributed by atoms with Crippen LogP contribution in [0.15, 0.2) is 6.20 Å². The van der Waals surface area contributed by atoms with Crippen LogP contribution in [0.4, 0.5) is 0 Å². The molecule has 0 bridgehead atoms. The summed E-state index contributed by atoms with van der Waals surface area (Å²) in [5.74, 6) is 0.845. The second kappa shape index (κ2) is 6.70. The van der Waals surface area contributed by atoms with Gasteiger partial charge in [0.15, 0.2) is 0 Å². The largest absolute Gasteiger partial charge is 0.464 e. The summed E-state index contributed by atoms with van der Waals surface area (Å²) in [5.41, 5.74) is 0.387. The molecule has 0 radical (unpaired) electrons. The van der Waals surface area contributed by atoms with Crippen LogP contribution in [0.2, 0.25) is 0 Å². The highest BCUT2D eigenvalue weighted by molar-refractivity contribution is 5.86. The number of imidazole rings is 1. The molecule has 1 aliphatic rings. The van der Waals surface area contributed by atoms with Gasteiger partial charge in [-0.3, -0.25) is 0 Å². The maximum absolute atomic E-state index is 11.4. The maximum Gasteiger partial charge on any atom is 0.356 e. The van der Waals surface area contributed by atoms with Crippen LogP contribution in [-0.2, 0) is 9.47 Å². The Hall–Kier alpha value is -1.36. The van der Waals surface area contributed by atoms with E-state index in [1.54, 1.807) is 0 Å². The van der Waals surface area contributed by atoms with Crippen molar-refractivity contribution in [3.63, 3.8) is 0 Å². The Labute approximate surface area is 113 Å². The lowest BCUT2D eigenvalue weighted by atomic mass is 9.85. The topological polar surface area (TPSA) is 64.2 Å². The van der Waals surface area contributed by atoms with Crippen molar-refractivity contribution in [3.05, 3.63) is 17.7 Å². The molecular formula is C14H22N2O3. The zero-order chi connectivity index (χ0) is 13.7. The number of aromatic amines is 1. The number of rotatable bonds is 5. The predicted octanol–water partition coefficient (Wildman–Crippen LogP) is 2.85. The molecule has 1 aromatic heterocycles. The van der Waals surface area contributed by atoms with Crippen molar-refractivity contribution >= 4 is 5.97 Å². The van der Waals surface area contributed by atoms with Crippen LogP contribution in [0, 0.1) is 5.92 Å². The summed E-state index contributed by atoms with van der Waals surface area (Å²) in [6.07, 6.45) is 7.62. The molecule has 1 heterocycles. The van der Waals surface area contributed by atoms with E-state index >= 15 is 0 Å². The van der Waals surface area contributed by atoms with Gasteiger partial charge >= 0.3 is 5.97 Å². The highest BCUT2D eigenvalue weighted by Gasteiger charge is 2.28. The summed E-state index contributed by atoms with van der Waals surface area (Å²) in [5, 5.41) is 0. The molecule has 0 aliphatic heterocycles. The van der Waals surface area contributed by atoms with E-state index in [1.165, 1.54) is 45.4 Å². The molecule has 0 saturated heterocycles. The Balaban J connectivity index is 2.13. The molecule has 19 heavy (non-hydrogen) atoms. The number of carbonyl (C=O) groups is 1. The smallest absolute Gasteiger partial charge is 0.356 e. The van der Waals surface area contributed by atoms with Gasteiger partial charge < -0.3 is 14.5 Å². The van der Waals surface area contributed by atoms with Crippen molar-refractivity contribution in [2.45, 2.75) is 45.1 Å². The van der Waals surface area contributed by atoms with E-state index in [9.17, 15) is 4.79 Å². The third-order valence-corrected chi connectivity index (χ3v) is 3.69. The standard InChI is InChI=1S/C14H22N2O3/c1-3-19-12(10-7-5-4-6-8-10)13-15-9-11(16-13)14(17)18-2/h9-10,12H,3-8H2,1-2H3,(H,15,16). The molecule has 1 fully saturated rings. The number of esters is 1. The predicted molar refractivity (Wildman–Crippen MR) is 70.9 cm³/mol. The Bertz CT molecular complexity index is 411. The van der Waals surface area contributed by atoms with Crippen LogP contribution in [0.3, 0.4) is 0 Å². The minimum atomic E-state index is -0.391. The highest BCUT2D eigenvalue weighted by Crippen LogP contribution is 2.35. The average Bonchev–Trinajstić information content (AvgIpc) is 2.94. The first kappa shape index (κ1) is 14.1. The van der Waals surface area contributed by atoms with Gasteiger partial charge in [0.1, 0.15) is 17.6 Å². The van der Waals surface area contributed by atoms with Crippen molar-refractivity contribution in [1.29, 1.82) is 0 Å². The highest BCUT2D eigenvalue weighted by atomic mass is 16.5. The van der Waals surface area contributed by atoms with Gasteiger partial charge in [0, 0.05) is 6.61 Å². The van der Waals surface area contributed by atoms with E-state index in [4.69, 9.17) is 4.74 Å². The number of hydrogen-bond acceptors (Lipinski definition) is 4. The number of H-pyrrole nitrogens is 1. The van der Waals surface area contributed by atoms with Crippen LogP contribution >= 0.6 is 0 Å². The SMILES string of the molecule is CCOC(c1ncc(C(=O)OC)[nH]1)C1CCCCC1. The molecule has 0 spiro atoms. The first-order chi connectivity index (χ1) is 9.26. The van der Waals surface area contributed by atoms with Gasteiger partial charge in [-0.05, 0) is 25.7 Å². The minimum Gasteiger partial charge on any atom is -0.464 e. The van der Waals surface area contributed by atoms with Gasteiger partial charge in [-0.1, -0.05) is 19.3 Å². The molecule has 1 aliphatic carbocycles. The van der Waals surface area contributed by atoms with Crippen LogP contribution in [0.5, 0.6) is 0 Å². The first-order valence-electron chi connectivity index (χ1n) is 7.01. The Kier molecular flexibility index (Phi) is 4.96. The summed E-state index contributed by atoms with van der Waals surface area (Å²) in [6.45, 7) is 2.63. The van der Waals surface area contributed by atoms with Gasteiger partial charge in [0.2, 0.25) is 0 Å². The summed E-state index contributed by atoms with van der Waals surface area (Å²) >= 11 is 0. The molecular weight excluding hydrogens is 244 g/mol. The monoisotopic (exact) mass is 266 g/mol. The molecule has 1 unspecified atom stereocenters. The number of hydrogen-bond donors (Lipinski definition) is 1. The maximum atomic E-state index is 11.4. The van der Waals surface area contributed by atoms with Crippen molar-refractivity contribution in [2.24, 2.45) is 5.92 Å². The Morgan fingerprint density at radius 1 is 1.47 bits per heavy atom. The van der Waals surface area contributed by atoms with E-state index in [1.807, 2.05) is 6.92 Å². The van der Waals surface area contributed by atoms with E-state index < -0.39 is 5.97 Å². The molecule has 1 N–H and O–H groups in total. The van der Waals surface area contributed by atoms with Crippen molar-refractivity contribution < 1.29 is 14.3 Å². The molecule has 0 amide bonds. The fourth-order valence-electron chi connectivity index (χ4n) is 2.75. The van der Waals surface area contributed by atoms with Gasteiger partial charge in [-0.2, -0.15) is 0 Å². The van der Waals surface area contributed by atoms with Crippen LogP contribution in [0.25, 0.3) is 0 Å². The summed E-state index contributed by atoms with van der Waals surface area (Å²) in [4.78, 5) is 18.8. The van der Waals surface area contributed by atoms with Gasteiger partial charge in [-0.25, -0.2) is 9.78 Å². The molecule has 0 aromatic carbocycles. The van der Waals surface area contributed by atoms with Crippen molar-refractivity contribution in [3.8, 4) is 0 Å². The zero-order valence-corrected chi connectivity index (χ0v) is 11.6. The fourth-order valence-corrected chi connectivity index (χ4v) is 2.75. The molecule has 1 saturated carbocycles. The van der Waals surface area contributed by atoms with Crippen LogP contribution in [-0.4, -0.2) is 29.7 Å². The Morgan fingerprint density at radius 2 is 2.21 bits per heavy atom. The number of methoxy groups -OCH3 is 1. The quantitative estimate of drug-likeness (QED) is 0.832. The molecule has 5 heteroatoms. The molecule has 1 atom stereocenters. The number of aromatic nitrogens is 2. The molecule has 1 aromatic rings. The average molecular weight is 266 g/mol. The van der Waals surface area contributed by atoms with Crippen LogP contribution in [0.1, 0.15) is 61.4 Å². The van der Waals surface area contributed by atoms with E-state index in [-0.39, 0.29) is 6.10 Å². The lowest BCUT2D eigenvalue weighted by molar-refractivity contribution is 0.000256. The lowest BCUT2D eigenvalue weighted by Crippen LogP contribution is -2.20. The normalized spacial score (nSPS) is 18.2. The van der Waals surface area contributed by atoms with E-state index in [0.29, 0.717) is 18.2 Å². The molecule has 2 rings (SSSR count). The second-order valence-corrected chi connectivity index (χ2v) is 4.95. The third-order valence-electron chi connectivity index (χ3n) is 3.69. The van der Waals surface area contributed by atoms with Crippen molar-refractivity contribution in [1.82, 2.24) is 9.97 Å². The minimum absolute atomic E-state index is 0.0382. The van der Waals surface area contributed by atoms with E-state index in [0.717, 1.165) is 5.82 Å². The second-order valence-electron chi connectivity index (χ2n) is 4.95. The molecule has 106 valence electrons. The van der Waals surface area contributed by atoms with Gasteiger partial charge in [-0.15, -0.1) is 0 Å². The van der Waals surface area contributed by atoms with Gasteiger partial charge in [0.05, 0.1) is 13.3 Å². The summed E-state index contributed by atoms with van der Waals surface area (Å²) in [6, 6.07) is 0. The number of nitrogens with zero attached hydrogens (tertiary/aromatic N) is 1. The van der Waals surface area contributed by atoms with Crippen molar-refractivity contribution in [2.75, 3.05) is 13.7 Å². The fraction of sp³-hybridized carbons (Fsp3) is 0.714.